The van der Waals surface area contributed by atoms with Gasteiger partial charge in [-0.25, -0.2) is 9.18 Å². The monoisotopic (exact) mass is 467 g/mol. The highest BCUT2D eigenvalue weighted by atomic mass is 79.9. The van der Waals surface area contributed by atoms with Crippen LogP contribution in [0.3, 0.4) is 0 Å². The second-order valence-corrected chi connectivity index (χ2v) is 8.66. The number of carbonyl (C=O) groups excluding carboxylic acids is 1. The lowest BCUT2D eigenvalue weighted by molar-refractivity contribution is 0.0474. The number of amides is 1. The molecule has 1 heterocycles. The molecule has 0 fully saturated rings. The van der Waals surface area contributed by atoms with Gasteiger partial charge in [-0.1, -0.05) is 48.5 Å². The van der Waals surface area contributed by atoms with Gasteiger partial charge in [0.1, 0.15) is 17.2 Å². The number of rotatable bonds is 3. The Bertz CT molecular complexity index is 943. The fourth-order valence-electron chi connectivity index (χ4n) is 3.08. The van der Waals surface area contributed by atoms with Crippen LogP contribution in [0.25, 0.3) is 5.57 Å². The summed E-state index contributed by atoms with van der Waals surface area (Å²) in [4.78, 5) is 12.2. The first-order valence-corrected chi connectivity index (χ1v) is 9.81. The van der Waals surface area contributed by atoms with Crippen LogP contribution in [0.1, 0.15) is 31.9 Å². The predicted octanol–water partition coefficient (Wildman–Crippen LogP) is 6.07. The Morgan fingerprint density at radius 2 is 2.00 bits per heavy atom. The molecule has 1 aliphatic rings. The molecule has 4 nitrogen and oxygen atoms in total. The lowest BCUT2D eigenvalue weighted by Crippen LogP contribution is -2.45. The summed E-state index contributed by atoms with van der Waals surface area (Å²) in [7, 11) is 0. The molecule has 0 radical (unpaired) electrons. The molecule has 3 rings (SSSR count). The number of hydrogen-bond donors (Lipinski definition) is 1. The highest BCUT2D eigenvalue weighted by Crippen LogP contribution is 2.53. The van der Waals surface area contributed by atoms with E-state index in [1.165, 1.54) is 6.07 Å². The molecule has 1 unspecified atom stereocenters. The third-order valence-electron chi connectivity index (χ3n) is 4.32. The molecule has 2 aromatic carbocycles. The number of fused-ring (bicyclic) bond motifs is 1. The molecule has 0 aromatic heterocycles. The zero-order valence-electron chi connectivity index (χ0n) is 15.7. The largest absolute Gasteiger partial charge is 0.475 e. The normalized spacial score (nSPS) is 18.4. The van der Waals surface area contributed by atoms with Gasteiger partial charge in [-0.05, 0) is 36.7 Å². The van der Waals surface area contributed by atoms with Gasteiger partial charge < -0.3 is 14.8 Å². The molecule has 1 N–H and O–H groups in total. The van der Waals surface area contributed by atoms with Crippen LogP contribution in [0.4, 0.5) is 9.18 Å². The summed E-state index contributed by atoms with van der Waals surface area (Å²) in [6.45, 7) is 9.57. The minimum atomic E-state index is -1.12. The standard InChI is InChI=1S/C21H20BrClFNO3/c1-12-16-15(10-14(24)18(23)17(16)22)27-21(12,13-8-6-5-7-9-13)11-25-19(26)28-20(2,3)4/h5-10H,1,11H2,2-4H3,(H,25,26). The van der Waals surface area contributed by atoms with Crippen LogP contribution in [0, 0.1) is 5.82 Å². The summed E-state index contributed by atoms with van der Waals surface area (Å²) in [6.07, 6.45) is -0.585. The van der Waals surface area contributed by atoms with Gasteiger partial charge >= 0.3 is 6.09 Å². The van der Waals surface area contributed by atoms with Crippen molar-refractivity contribution in [3.8, 4) is 5.75 Å². The van der Waals surface area contributed by atoms with Crippen LogP contribution < -0.4 is 10.1 Å². The first kappa shape index (κ1) is 20.7. The Morgan fingerprint density at radius 3 is 2.61 bits per heavy atom. The van der Waals surface area contributed by atoms with Crippen LogP contribution in [-0.4, -0.2) is 18.2 Å². The van der Waals surface area contributed by atoms with Crippen LogP contribution in [0.2, 0.25) is 5.02 Å². The minimum Gasteiger partial charge on any atom is -0.475 e. The average Bonchev–Trinajstić information content (AvgIpc) is 2.90. The second kappa shape index (κ2) is 7.41. The molecular weight excluding hydrogens is 449 g/mol. The van der Waals surface area contributed by atoms with E-state index in [4.69, 9.17) is 21.1 Å². The molecule has 2 aromatic rings. The highest BCUT2D eigenvalue weighted by Gasteiger charge is 2.47. The first-order chi connectivity index (χ1) is 13.0. The minimum absolute atomic E-state index is 0.0467. The highest BCUT2D eigenvalue weighted by molar-refractivity contribution is 9.10. The van der Waals surface area contributed by atoms with Crippen LogP contribution >= 0.6 is 27.5 Å². The number of nitrogens with one attached hydrogen (secondary N) is 1. The van der Waals surface area contributed by atoms with E-state index in [0.29, 0.717) is 21.4 Å². The topological polar surface area (TPSA) is 47.6 Å². The van der Waals surface area contributed by atoms with Crippen molar-refractivity contribution in [2.75, 3.05) is 6.54 Å². The molecule has 7 heteroatoms. The van der Waals surface area contributed by atoms with Gasteiger partial charge in [0.15, 0.2) is 5.60 Å². The summed E-state index contributed by atoms with van der Waals surface area (Å²) < 4.78 is 26.0. The third-order valence-corrected chi connectivity index (χ3v) is 5.71. The third kappa shape index (κ3) is 3.76. The maximum atomic E-state index is 14.2. The Kier molecular flexibility index (Phi) is 5.47. The fourth-order valence-corrected chi connectivity index (χ4v) is 3.86. The van der Waals surface area contributed by atoms with Crippen molar-refractivity contribution in [3.05, 3.63) is 69.4 Å². The molecule has 1 amide bonds. The number of ether oxygens (including phenoxy) is 2. The van der Waals surface area contributed by atoms with Crippen molar-refractivity contribution >= 4 is 39.2 Å². The lowest BCUT2D eigenvalue weighted by Gasteiger charge is -2.31. The van der Waals surface area contributed by atoms with Crippen LogP contribution in [0.15, 0.2) is 47.4 Å². The van der Waals surface area contributed by atoms with Gasteiger partial charge in [0.25, 0.3) is 0 Å². The Labute approximate surface area is 176 Å². The molecule has 28 heavy (non-hydrogen) atoms. The first-order valence-electron chi connectivity index (χ1n) is 8.64. The molecule has 0 saturated heterocycles. The molecule has 0 saturated carbocycles. The quantitative estimate of drug-likeness (QED) is 0.556. The molecule has 1 atom stereocenters. The van der Waals surface area contributed by atoms with E-state index in [1.807, 2.05) is 30.3 Å². The second-order valence-electron chi connectivity index (χ2n) is 7.49. The molecule has 0 bridgehead atoms. The maximum absolute atomic E-state index is 14.2. The van der Waals surface area contributed by atoms with Gasteiger partial charge in [0.2, 0.25) is 0 Å². The number of hydrogen-bond acceptors (Lipinski definition) is 3. The van der Waals surface area contributed by atoms with E-state index in [-0.39, 0.29) is 11.6 Å². The summed E-state index contributed by atoms with van der Waals surface area (Å²) in [6, 6.07) is 10.5. The SMILES string of the molecule is C=C1c2c(cc(F)c(Cl)c2Br)OC1(CNC(=O)OC(C)(C)C)c1ccccc1. The van der Waals surface area contributed by atoms with E-state index < -0.39 is 23.1 Å². The molecule has 0 spiro atoms. The smallest absolute Gasteiger partial charge is 0.407 e. The molecule has 148 valence electrons. The summed E-state index contributed by atoms with van der Waals surface area (Å²) in [5.41, 5.74) is 0.121. The zero-order valence-corrected chi connectivity index (χ0v) is 18.1. The van der Waals surface area contributed by atoms with Crippen molar-refractivity contribution in [3.63, 3.8) is 0 Å². The number of halogens is 3. The van der Waals surface area contributed by atoms with Crippen molar-refractivity contribution in [1.82, 2.24) is 5.32 Å². The molecular formula is C21H20BrClFNO3. The lowest BCUT2D eigenvalue weighted by atomic mass is 9.85. The van der Waals surface area contributed by atoms with Crippen molar-refractivity contribution < 1.29 is 18.7 Å². The number of alkyl carbamates (subject to hydrolysis) is 1. The molecule has 0 aliphatic carbocycles. The Morgan fingerprint density at radius 1 is 1.36 bits per heavy atom. The van der Waals surface area contributed by atoms with E-state index in [1.54, 1.807) is 20.8 Å². The Hall–Kier alpha value is -2.05. The Balaban J connectivity index is 2.01. The average molecular weight is 469 g/mol. The van der Waals surface area contributed by atoms with Crippen LogP contribution in [0.5, 0.6) is 5.75 Å². The summed E-state index contributed by atoms with van der Waals surface area (Å²) in [5, 5.41) is 2.70. The van der Waals surface area contributed by atoms with Gasteiger partial charge in [0.05, 0.1) is 16.0 Å². The number of carbonyl (C=O) groups is 1. The maximum Gasteiger partial charge on any atom is 0.407 e. The van der Waals surface area contributed by atoms with Gasteiger partial charge in [-0.15, -0.1) is 0 Å². The predicted molar refractivity (Wildman–Crippen MR) is 111 cm³/mol. The zero-order chi connectivity index (χ0) is 20.7. The fraction of sp³-hybridized carbons (Fsp3) is 0.286. The molecule has 1 aliphatic heterocycles. The van der Waals surface area contributed by atoms with Crippen molar-refractivity contribution in [2.45, 2.75) is 32.0 Å². The van der Waals surface area contributed by atoms with Gasteiger partial charge in [-0.3, -0.25) is 0 Å². The summed E-state index contributed by atoms with van der Waals surface area (Å²) in [5.74, 6) is -0.308. The van der Waals surface area contributed by atoms with E-state index in [0.717, 1.165) is 5.56 Å². The van der Waals surface area contributed by atoms with E-state index >= 15 is 0 Å². The van der Waals surface area contributed by atoms with Crippen molar-refractivity contribution in [1.29, 1.82) is 0 Å². The van der Waals surface area contributed by atoms with E-state index in [2.05, 4.69) is 27.8 Å². The summed E-state index contributed by atoms with van der Waals surface area (Å²) >= 11 is 9.40. The van der Waals surface area contributed by atoms with E-state index in [9.17, 15) is 9.18 Å². The van der Waals surface area contributed by atoms with Crippen LogP contribution in [-0.2, 0) is 10.3 Å². The van der Waals surface area contributed by atoms with Gasteiger partial charge in [-0.2, -0.15) is 0 Å². The van der Waals surface area contributed by atoms with Crippen molar-refractivity contribution in [2.24, 2.45) is 0 Å². The number of benzene rings is 2. The van der Waals surface area contributed by atoms with Gasteiger partial charge in [0, 0.05) is 22.8 Å².